The van der Waals surface area contributed by atoms with Gasteiger partial charge in [-0.1, -0.05) is 218 Å². The molecule has 0 spiro atoms. The average Bonchev–Trinajstić information content (AvgIpc) is 1.79. The molecule has 0 aromatic heterocycles. The molecular formula is C84H64N2S. The fourth-order valence-electron chi connectivity index (χ4n) is 15.0. The second-order valence-corrected chi connectivity index (χ2v) is 25.6. The van der Waals surface area contributed by atoms with Gasteiger partial charge < -0.3 is 9.80 Å². The van der Waals surface area contributed by atoms with Crippen molar-refractivity contribution in [3.05, 3.63) is 324 Å². The summed E-state index contributed by atoms with van der Waals surface area (Å²) in [7, 11) is 0. The Bertz CT molecular complexity index is 4910. The first-order valence-corrected chi connectivity index (χ1v) is 32.2. The fraction of sp³-hybridized carbons (Fsp3) is 0.119. The maximum absolute atomic E-state index is 2.60. The molecule has 11 aromatic carbocycles. The molecule has 0 N–H and O–H groups in total. The van der Waals surface area contributed by atoms with Crippen LogP contribution in [0.2, 0.25) is 0 Å². The number of aryl methyl sites for hydroxylation is 2. The number of anilines is 4. The second kappa shape index (κ2) is 21.7. The molecule has 0 saturated heterocycles. The van der Waals surface area contributed by atoms with Crippen LogP contribution < -0.4 is 9.80 Å². The lowest BCUT2D eigenvalue weighted by Gasteiger charge is -2.33. The third kappa shape index (κ3) is 9.27. The van der Waals surface area contributed by atoms with Crippen LogP contribution in [0, 0.1) is 5.92 Å². The molecule has 0 bridgehead atoms. The zero-order chi connectivity index (χ0) is 57.4. The molecule has 87 heavy (non-hydrogen) atoms. The number of allylic oxidation sites excluding steroid dienone is 14. The number of rotatable bonds is 10. The van der Waals surface area contributed by atoms with Crippen LogP contribution in [-0.4, -0.2) is 5.25 Å². The van der Waals surface area contributed by atoms with Gasteiger partial charge in [0.05, 0.1) is 0 Å². The van der Waals surface area contributed by atoms with E-state index in [1.807, 2.05) is 0 Å². The van der Waals surface area contributed by atoms with E-state index in [0.717, 1.165) is 62.7 Å². The van der Waals surface area contributed by atoms with Crippen LogP contribution in [0.25, 0.3) is 82.1 Å². The summed E-state index contributed by atoms with van der Waals surface area (Å²) < 4.78 is 0. The van der Waals surface area contributed by atoms with Crippen molar-refractivity contribution < 1.29 is 0 Å². The summed E-state index contributed by atoms with van der Waals surface area (Å²) in [6.07, 6.45) is 32.3. The molecule has 1 heterocycles. The van der Waals surface area contributed by atoms with Crippen LogP contribution in [0.1, 0.15) is 66.3 Å². The van der Waals surface area contributed by atoms with Crippen molar-refractivity contribution in [2.75, 3.05) is 9.80 Å². The Balaban J connectivity index is 0.820. The second-order valence-electron chi connectivity index (χ2n) is 24.4. The summed E-state index contributed by atoms with van der Waals surface area (Å²) >= 11 is 2.07. The van der Waals surface area contributed by atoms with Gasteiger partial charge in [0.2, 0.25) is 0 Å². The molecule has 2 nitrogen and oxygen atoms in total. The van der Waals surface area contributed by atoms with Gasteiger partial charge in [-0.15, -0.1) is 11.8 Å². The molecular weight excluding hydrogens is 1070 g/mol. The predicted molar refractivity (Wildman–Crippen MR) is 372 cm³/mol. The Kier molecular flexibility index (Phi) is 12.9. The van der Waals surface area contributed by atoms with E-state index >= 15 is 0 Å². The highest BCUT2D eigenvalue weighted by Gasteiger charge is 2.36. The first-order chi connectivity index (χ1) is 43.1. The largest absolute Gasteiger partial charge is 0.314 e. The highest BCUT2D eigenvalue weighted by atomic mass is 32.2. The average molecular weight is 1130 g/mol. The normalized spacial score (nSPS) is 17.6. The van der Waals surface area contributed by atoms with E-state index in [-0.39, 0.29) is 11.2 Å². The van der Waals surface area contributed by atoms with E-state index < -0.39 is 0 Å². The summed E-state index contributed by atoms with van der Waals surface area (Å²) in [6, 6.07) is 82.8. The number of hydrogen-bond acceptors (Lipinski definition) is 3. The van der Waals surface area contributed by atoms with E-state index in [1.54, 1.807) is 0 Å². The molecule has 1 aliphatic heterocycles. The Morgan fingerprint density at radius 3 is 1.95 bits per heavy atom. The molecule has 0 amide bonds. The minimum atomic E-state index is 0.217. The van der Waals surface area contributed by atoms with Crippen molar-refractivity contribution in [3.63, 3.8) is 0 Å². The standard InChI is InChI=1S/C84H64N2S/c1-5-19-55(20-6-1)63-45-64(56-21-7-2-8-22-56)48-71(47-63)85(67-39-37-61-35-33-59-27-13-15-29-73(59)79(61)51-67)69-41-43-77-81(53-69)75-31-17-18-32-76(75)83-78-44-42-70(54-82(78)87-84(77)83)86(68-40-38-62-36-34-60-28-14-16-30-74(60)80(62)52-68)72-49-65(57-23-9-3-10-24-57)46-66(50-72)58-25-11-4-12-26-58/h1-3,5-7,9-11,13-21,23-33,35,37-44,46-53,64,82H,4,8,12,22,34,36,45,54H2/t64-,82?/m1/s1. The van der Waals surface area contributed by atoms with Gasteiger partial charge in [-0.3, -0.25) is 0 Å². The van der Waals surface area contributed by atoms with Crippen molar-refractivity contribution in [1.29, 1.82) is 0 Å². The van der Waals surface area contributed by atoms with Gasteiger partial charge in [0, 0.05) is 62.2 Å². The molecule has 6 aliphatic rings. The Morgan fingerprint density at radius 2 is 1.13 bits per heavy atom. The van der Waals surface area contributed by atoms with E-state index in [0.29, 0.717) is 0 Å². The van der Waals surface area contributed by atoms with Crippen LogP contribution in [0.3, 0.4) is 0 Å². The third-order valence-corrected chi connectivity index (χ3v) is 20.6. The highest BCUT2D eigenvalue weighted by molar-refractivity contribution is 8.01. The number of benzene rings is 11. The maximum atomic E-state index is 2.60. The Hall–Kier alpha value is -9.67. The Morgan fingerprint density at radius 1 is 0.425 bits per heavy atom. The fourth-order valence-corrected chi connectivity index (χ4v) is 16.5. The van der Waals surface area contributed by atoms with E-state index in [4.69, 9.17) is 0 Å². The van der Waals surface area contributed by atoms with Crippen molar-refractivity contribution in [1.82, 2.24) is 0 Å². The smallest absolute Gasteiger partial charge is 0.0470 e. The molecule has 0 fully saturated rings. The van der Waals surface area contributed by atoms with E-state index in [9.17, 15) is 0 Å². The lowest BCUT2D eigenvalue weighted by Crippen LogP contribution is -2.22. The van der Waals surface area contributed by atoms with Gasteiger partial charge in [-0.05, 0) is 216 Å². The SMILES string of the molecule is C1=CCCC([C@H]2C=C(N(c3ccc4ccc5ccccc5c4c3)c3ccc4c5c(c6ccccc6c4c3)C3=CC=C(N(c4cc(C6=CCCC=C6)cc(-c6ccccc6)c4)c4ccc6c(c4)-c4ccccc4CC6)CC3S5)C=C(c3ccccc3)C2)=C1. The molecule has 0 radical (unpaired) electrons. The zero-order valence-corrected chi connectivity index (χ0v) is 49.5. The van der Waals surface area contributed by atoms with Crippen molar-refractivity contribution in [2.45, 2.75) is 61.5 Å². The minimum Gasteiger partial charge on any atom is -0.314 e. The van der Waals surface area contributed by atoms with Gasteiger partial charge in [0.15, 0.2) is 0 Å². The number of fused-ring (bicyclic) bond motifs is 14. The van der Waals surface area contributed by atoms with Gasteiger partial charge in [-0.2, -0.15) is 0 Å². The van der Waals surface area contributed by atoms with Crippen LogP contribution >= 0.6 is 11.8 Å². The summed E-state index contributed by atoms with van der Waals surface area (Å²) in [5.74, 6) is 0.270. The lowest BCUT2D eigenvalue weighted by atomic mass is 9.81. The topological polar surface area (TPSA) is 6.48 Å². The first-order valence-electron chi connectivity index (χ1n) is 31.3. The third-order valence-electron chi connectivity index (χ3n) is 19.2. The first kappa shape index (κ1) is 51.7. The molecule has 5 aliphatic carbocycles. The van der Waals surface area contributed by atoms with Gasteiger partial charge in [0.1, 0.15) is 0 Å². The van der Waals surface area contributed by atoms with Gasteiger partial charge in [0.25, 0.3) is 0 Å². The van der Waals surface area contributed by atoms with Crippen LogP contribution in [0.5, 0.6) is 0 Å². The number of hydrogen-bond donors (Lipinski definition) is 0. The molecule has 17 rings (SSSR count). The molecule has 0 saturated carbocycles. The summed E-state index contributed by atoms with van der Waals surface area (Å²) in [4.78, 5) is 6.55. The van der Waals surface area contributed by atoms with Crippen molar-refractivity contribution >= 4 is 94.3 Å². The Labute approximate surface area is 514 Å². The number of nitrogens with zero attached hydrogens (tertiary/aromatic N) is 2. The number of thioether (sulfide) groups is 1. The molecule has 11 aromatic rings. The van der Waals surface area contributed by atoms with Crippen LogP contribution in [0.4, 0.5) is 22.7 Å². The van der Waals surface area contributed by atoms with Crippen LogP contribution in [-0.2, 0) is 12.8 Å². The van der Waals surface area contributed by atoms with E-state index in [2.05, 4.69) is 301 Å². The van der Waals surface area contributed by atoms with Crippen molar-refractivity contribution in [3.8, 4) is 22.3 Å². The summed E-state index contributed by atoms with van der Waals surface area (Å²) in [5, 5.41) is 10.5. The summed E-state index contributed by atoms with van der Waals surface area (Å²) in [6.45, 7) is 0. The quantitative estimate of drug-likeness (QED) is 0.126. The zero-order valence-electron chi connectivity index (χ0n) is 48.7. The summed E-state index contributed by atoms with van der Waals surface area (Å²) in [5.41, 5.74) is 24.7. The maximum Gasteiger partial charge on any atom is 0.0470 e. The lowest BCUT2D eigenvalue weighted by molar-refractivity contribution is 0.713. The highest BCUT2D eigenvalue weighted by Crippen LogP contribution is 2.57. The molecule has 1 unspecified atom stereocenters. The monoisotopic (exact) mass is 1130 g/mol. The molecule has 3 heteroatoms. The van der Waals surface area contributed by atoms with Crippen molar-refractivity contribution in [2.24, 2.45) is 5.92 Å². The van der Waals surface area contributed by atoms with Crippen LogP contribution in [0.15, 0.2) is 301 Å². The minimum absolute atomic E-state index is 0.217. The molecule has 416 valence electrons. The van der Waals surface area contributed by atoms with E-state index in [1.165, 1.54) is 143 Å². The van der Waals surface area contributed by atoms with Gasteiger partial charge >= 0.3 is 0 Å². The van der Waals surface area contributed by atoms with Gasteiger partial charge in [-0.25, -0.2) is 0 Å². The predicted octanol–water partition coefficient (Wildman–Crippen LogP) is 22.9. The molecule has 2 atom stereocenters.